The zero-order valence-corrected chi connectivity index (χ0v) is 26.3. The normalized spacial score (nSPS) is 14.6. The van der Waals surface area contributed by atoms with Crippen LogP contribution in [0.2, 0.25) is 0 Å². The maximum absolute atomic E-state index is 13.7. The van der Waals surface area contributed by atoms with Gasteiger partial charge >= 0.3 is 0 Å². The first kappa shape index (κ1) is 34.4. The molecule has 0 saturated carbocycles. The van der Waals surface area contributed by atoms with E-state index in [1.807, 2.05) is 65.0 Å². The van der Waals surface area contributed by atoms with E-state index in [-0.39, 0.29) is 42.8 Å². The lowest BCUT2D eigenvalue weighted by Crippen LogP contribution is -2.59. The Morgan fingerprint density at radius 1 is 0.927 bits per heavy atom. The summed E-state index contributed by atoms with van der Waals surface area (Å²) in [5.74, 6) is -0.484. The van der Waals surface area contributed by atoms with Gasteiger partial charge in [0.15, 0.2) is 0 Å². The van der Waals surface area contributed by atoms with Gasteiger partial charge in [-0.05, 0) is 56.0 Å². The standard InChI is InChI=1S/C31H48N4O5S/c1-23(2)18-19-35(41(39,40)25-16-12-9-13-17-25)21-27(36)26(20-24-14-10-8-11-15-24)32-30(38)29(31(3,4)5)33-28(37)22-34(6)7/h8-17,23,26-27,29,36H,18-22H2,1-7H3,(H,32,38)(H,33,37). The first-order valence-corrected chi connectivity index (χ1v) is 15.6. The number of nitrogens with one attached hydrogen (secondary N) is 2. The Morgan fingerprint density at radius 2 is 1.49 bits per heavy atom. The third kappa shape index (κ3) is 11.2. The molecule has 0 bridgehead atoms. The molecule has 0 aliphatic heterocycles. The van der Waals surface area contributed by atoms with Gasteiger partial charge in [0, 0.05) is 13.1 Å². The molecule has 228 valence electrons. The number of hydrogen-bond donors (Lipinski definition) is 3. The molecule has 0 aromatic heterocycles. The number of benzene rings is 2. The van der Waals surface area contributed by atoms with E-state index in [0.29, 0.717) is 6.42 Å². The molecule has 2 rings (SSSR count). The average Bonchev–Trinajstić information content (AvgIpc) is 2.89. The highest BCUT2D eigenvalue weighted by Crippen LogP contribution is 2.22. The molecular formula is C31H48N4O5S. The van der Waals surface area contributed by atoms with Crippen LogP contribution in [0.5, 0.6) is 0 Å². The summed E-state index contributed by atoms with van der Waals surface area (Å²) in [6.45, 7) is 9.75. The van der Waals surface area contributed by atoms with Crippen LogP contribution in [0.4, 0.5) is 0 Å². The average molecular weight is 589 g/mol. The van der Waals surface area contributed by atoms with Crippen LogP contribution in [-0.4, -0.2) is 86.5 Å². The molecule has 10 heteroatoms. The molecule has 0 aliphatic carbocycles. The Bertz CT molecular complexity index is 1200. The number of carbonyl (C=O) groups is 2. The van der Waals surface area contributed by atoms with Crippen LogP contribution in [0.1, 0.15) is 46.6 Å². The van der Waals surface area contributed by atoms with Crippen LogP contribution in [0.25, 0.3) is 0 Å². The Hall–Kier alpha value is -2.79. The molecule has 2 amide bonds. The third-order valence-corrected chi connectivity index (χ3v) is 8.59. The van der Waals surface area contributed by atoms with Crippen molar-refractivity contribution in [1.29, 1.82) is 0 Å². The van der Waals surface area contributed by atoms with E-state index < -0.39 is 39.5 Å². The summed E-state index contributed by atoms with van der Waals surface area (Å²) < 4.78 is 28.5. The van der Waals surface area contributed by atoms with Crippen LogP contribution in [0.15, 0.2) is 65.6 Å². The predicted molar refractivity (Wildman–Crippen MR) is 163 cm³/mol. The van der Waals surface area contributed by atoms with Gasteiger partial charge in [-0.25, -0.2) is 8.42 Å². The largest absolute Gasteiger partial charge is 0.390 e. The van der Waals surface area contributed by atoms with Crippen molar-refractivity contribution in [2.75, 3.05) is 33.7 Å². The fourth-order valence-corrected chi connectivity index (χ4v) is 5.87. The fourth-order valence-electron chi connectivity index (χ4n) is 4.38. The summed E-state index contributed by atoms with van der Waals surface area (Å²) in [7, 11) is -0.354. The molecule has 3 unspecified atom stereocenters. The molecule has 41 heavy (non-hydrogen) atoms. The number of sulfonamides is 1. The summed E-state index contributed by atoms with van der Waals surface area (Å²) in [6, 6.07) is 15.9. The predicted octanol–water partition coefficient (Wildman–Crippen LogP) is 2.90. The van der Waals surface area contributed by atoms with Gasteiger partial charge in [0.05, 0.1) is 23.6 Å². The van der Waals surface area contributed by atoms with Crippen molar-refractivity contribution in [3.63, 3.8) is 0 Å². The molecule has 0 fully saturated rings. The number of likely N-dealkylation sites (N-methyl/N-ethyl adjacent to an activating group) is 1. The van der Waals surface area contributed by atoms with Crippen molar-refractivity contribution in [3.05, 3.63) is 66.2 Å². The lowest BCUT2D eigenvalue weighted by atomic mass is 9.85. The van der Waals surface area contributed by atoms with Crippen LogP contribution < -0.4 is 10.6 Å². The molecule has 0 aliphatic rings. The number of aliphatic hydroxyl groups excluding tert-OH is 1. The summed E-state index contributed by atoms with van der Waals surface area (Å²) in [5.41, 5.74) is 0.259. The minimum atomic E-state index is -3.89. The fraction of sp³-hybridized carbons (Fsp3) is 0.548. The van der Waals surface area contributed by atoms with Crippen molar-refractivity contribution in [2.24, 2.45) is 11.3 Å². The van der Waals surface area contributed by atoms with Crippen molar-refractivity contribution in [2.45, 2.75) is 70.5 Å². The molecule has 0 radical (unpaired) electrons. The Kier molecular flexibility index (Phi) is 13.0. The van der Waals surface area contributed by atoms with Crippen LogP contribution in [0, 0.1) is 11.3 Å². The van der Waals surface area contributed by atoms with Crippen molar-refractivity contribution in [3.8, 4) is 0 Å². The lowest BCUT2D eigenvalue weighted by Gasteiger charge is -2.34. The topological polar surface area (TPSA) is 119 Å². The molecule has 3 N–H and O–H groups in total. The maximum atomic E-state index is 13.7. The van der Waals surface area contributed by atoms with Gasteiger partial charge in [-0.15, -0.1) is 0 Å². The van der Waals surface area contributed by atoms with Gasteiger partial charge in [0.25, 0.3) is 0 Å². The number of amides is 2. The van der Waals surface area contributed by atoms with E-state index >= 15 is 0 Å². The van der Waals surface area contributed by atoms with Gasteiger partial charge in [-0.1, -0.05) is 83.1 Å². The van der Waals surface area contributed by atoms with E-state index in [4.69, 9.17) is 0 Å². The second-order valence-corrected chi connectivity index (χ2v) is 14.3. The number of rotatable bonds is 15. The smallest absolute Gasteiger partial charge is 0.243 e. The first-order valence-electron chi connectivity index (χ1n) is 14.1. The van der Waals surface area contributed by atoms with Gasteiger partial charge in [-0.2, -0.15) is 4.31 Å². The van der Waals surface area contributed by atoms with Gasteiger partial charge in [0.1, 0.15) is 6.04 Å². The highest BCUT2D eigenvalue weighted by molar-refractivity contribution is 7.89. The highest BCUT2D eigenvalue weighted by atomic mass is 32.2. The van der Waals surface area contributed by atoms with Crippen LogP contribution in [-0.2, 0) is 26.0 Å². The van der Waals surface area contributed by atoms with Crippen molar-refractivity contribution in [1.82, 2.24) is 19.8 Å². The molecule has 2 aromatic carbocycles. The molecule has 0 saturated heterocycles. The van der Waals surface area contributed by atoms with Crippen LogP contribution >= 0.6 is 0 Å². The lowest BCUT2D eigenvalue weighted by molar-refractivity contribution is -0.132. The Labute approximate surface area is 246 Å². The molecule has 0 heterocycles. The molecular weight excluding hydrogens is 540 g/mol. The van der Waals surface area contributed by atoms with Crippen molar-refractivity contribution < 1.29 is 23.1 Å². The van der Waals surface area contributed by atoms with E-state index in [9.17, 15) is 23.1 Å². The van der Waals surface area contributed by atoms with E-state index in [0.717, 1.165) is 5.56 Å². The SMILES string of the molecule is CC(C)CCN(CC(O)C(Cc1ccccc1)NC(=O)C(NC(=O)CN(C)C)C(C)(C)C)S(=O)(=O)c1ccccc1. The molecule has 9 nitrogen and oxygen atoms in total. The monoisotopic (exact) mass is 588 g/mol. The van der Waals surface area contributed by atoms with Gasteiger partial charge in [-0.3, -0.25) is 9.59 Å². The minimum absolute atomic E-state index is 0.123. The number of aliphatic hydroxyl groups is 1. The summed E-state index contributed by atoms with van der Waals surface area (Å²) in [4.78, 5) is 28.1. The number of carbonyl (C=O) groups excluding carboxylic acids is 2. The van der Waals surface area contributed by atoms with E-state index in [1.54, 1.807) is 37.2 Å². The summed E-state index contributed by atoms with van der Waals surface area (Å²) in [6.07, 6.45) is -0.332. The van der Waals surface area contributed by atoms with Crippen molar-refractivity contribution >= 4 is 21.8 Å². The third-order valence-electron chi connectivity index (χ3n) is 6.71. The van der Waals surface area contributed by atoms with Gasteiger partial charge < -0.3 is 20.6 Å². The van der Waals surface area contributed by atoms with Crippen LogP contribution in [0.3, 0.4) is 0 Å². The quantitative estimate of drug-likeness (QED) is 0.295. The summed E-state index contributed by atoms with van der Waals surface area (Å²) >= 11 is 0. The van der Waals surface area contributed by atoms with Gasteiger partial charge in [0.2, 0.25) is 21.8 Å². The maximum Gasteiger partial charge on any atom is 0.243 e. The minimum Gasteiger partial charge on any atom is -0.390 e. The first-order chi connectivity index (χ1) is 19.1. The number of hydrogen-bond acceptors (Lipinski definition) is 6. The Morgan fingerprint density at radius 3 is 2.00 bits per heavy atom. The Balaban J connectivity index is 2.38. The molecule has 0 spiro atoms. The zero-order chi connectivity index (χ0) is 30.8. The zero-order valence-electron chi connectivity index (χ0n) is 25.5. The second kappa shape index (κ2) is 15.4. The molecule has 2 aromatic rings. The van der Waals surface area contributed by atoms with E-state index in [2.05, 4.69) is 10.6 Å². The summed E-state index contributed by atoms with van der Waals surface area (Å²) in [5, 5.41) is 17.3. The molecule has 3 atom stereocenters. The number of nitrogens with zero attached hydrogens (tertiary/aromatic N) is 2. The van der Waals surface area contributed by atoms with E-state index in [1.165, 1.54) is 16.4 Å². The highest BCUT2D eigenvalue weighted by Gasteiger charge is 2.36. The second-order valence-electron chi connectivity index (χ2n) is 12.3.